The SMILES string of the molecule is CCOC(=O)c1cnn(C)c1COCc1ccco1. The fourth-order valence-electron chi connectivity index (χ4n) is 1.66. The van der Waals surface area contributed by atoms with Crippen LogP contribution in [0.3, 0.4) is 0 Å². The number of furan rings is 1. The van der Waals surface area contributed by atoms with Gasteiger partial charge in [0.2, 0.25) is 0 Å². The molecule has 2 aromatic rings. The van der Waals surface area contributed by atoms with E-state index in [-0.39, 0.29) is 12.6 Å². The van der Waals surface area contributed by atoms with Gasteiger partial charge in [-0.3, -0.25) is 4.68 Å². The van der Waals surface area contributed by atoms with Crippen molar-refractivity contribution in [2.24, 2.45) is 7.05 Å². The number of hydrogen-bond donors (Lipinski definition) is 0. The minimum atomic E-state index is -0.382. The molecule has 102 valence electrons. The Balaban J connectivity index is 1.99. The first-order valence-electron chi connectivity index (χ1n) is 6.00. The molecule has 2 heterocycles. The predicted octanol–water partition coefficient (Wildman–Crippen LogP) is 1.91. The Kier molecular flexibility index (Phi) is 4.35. The van der Waals surface area contributed by atoms with Crippen LogP contribution in [-0.4, -0.2) is 22.4 Å². The highest BCUT2D eigenvalue weighted by Gasteiger charge is 2.17. The summed E-state index contributed by atoms with van der Waals surface area (Å²) in [5, 5.41) is 4.05. The fraction of sp³-hybridized carbons (Fsp3) is 0.385. The van der Waals surface area contributed by atoms with E-state index in [2.05, 4.69) is 5.10 Å². The third kappa shape index (κ3) is 3.23. The third-order valence-electron chi connectivity index (χ3n) is 2.62. The molecule has 0 aliphatic heterocycles. The highest BCUT2D eigenvalue weighted by molar-refractivity contribution is 5.90. The van der Waals surface area contributed by atoms with Crippen molar-refractivity contribution in [1.82, 2.24) is 9.78 Å². The van der Waals surface area contributed by atoms with Gasteiger partial charge in [0.05, 0.1) is 31.4 Å². The standard InChI is InChI=1S/C13H16N2O4/c1-3-18-13(16)11-7-14-15(2)12(11)9-17-8-10-5-4-6-19-10/h4-7H,3,8-9H2,1-2H3. The highest BCUT2D eigenvalue weighted by atomic mass is 16.5. The summed E-state index contributed by atoms with van der Waals surface area (Å²) in [6.45, 7) is 2.72. The van der Waals surface area contributed by atoms with E-state index in [1.807, 2.05) is 6.07 Å². The van der Waals surface area contributed by atoms with E-state index < -0.39 is 0 Å². The molecule has 0 aliphatic rings. The first kappa shape index (κ1) is 13.4. The molecule has 0 aromatic carbocycles. The molecule has 6 heteroatoms. The number of nitrogens with zero attached hydrogens (tertiary/aromatic N) is 2. The van der Waals surface area contributed by atoms with Gasteiger partial charge in [0.15, 0.2) is 0 Å². The Morgan fingerprint density at radius 2 is 2.32 bits per heavy atom. The smallest absolute Gasteiger partial charge is 0.341 e. The molecule has 0 N–H and O–H groups in total. The number of carbonyl (C=O) groups excluding carboxylic acids is 1. The van der Waals surface area contributed by atoms with Crippen LogP contribution in [0.2, 0.25) is 0 Å². The summed E-state index contributed by atoms with van der Waals surface area (Å²) < 4.78 is 17.2. The Bertz CT molecular complexity index is 531. The van der Waals surface area contributed by atoms with E-state index in [1.54, 1.807) is 31.0 Å². The summed E-state index contributed by atoms with van der Waals surface area (Å²) in [5.41, 5.74) is 1.12. The number of esters is 1. The molecule has 2 aromatic heterocycles. The van der Waals surface area contributed by atoms with Crippen LogP contribution in [0, 0.1) is 0 Å². The number of rotatable bonds is 6. The van der Waals surface area contributed by atoms with Gasteiger partial charge in [0, 0.05) is 7.05 Å². The van der Waals surface area contributed by atoms with Gasteiger partial charge in [-0.25, -0.2) is 4.79 Å². The molecule has 6 nitrogen and oxygen atoms in total. The second-order valence-electron chi connectivity index (χ2n) is 3.92. The lowest BCUT2D eigenvalue weighted by atomic mass is 10.2. The highest BCUT2D eigenvalue weighted by Crippen LogP contribution is 2.12. The van der Waals surface area contributed by atoms with Gasteiger partial charge in [0.25, 0.3) is 0 Å². The van der Waals surface area contributed by atoms with Gasteiger partial charge in [-0.05, 0) is 19.1 Å². The van der Waals surface area contributed by atoms with E-state index >= 15 is 0 Å². The lowest BCUT2D eigenvalue weighted by Gasteiger charge is -2.06. The van der Waals surface area contributed by atoms with Gasteiger partial charge >= 0.3 is 5.97 Å². The van der Waals surface area contributed by atoms with Crippen molar-refractivity contribution in [2.45, 2.75) is 20.1 Å². The van der Waals surface area contributed by atoms with Gasteiger partial charge in [-0.2, -0.15) is 5.10 Å². The van der Waals surface area contributed by atoms with Crippen LogP contribution in [-0.2, 0) is 29.7 Å². The molecule has 0 fully saturated rings. The summed E-state index contributed by atoms with van der Waals surface area (Å²) in [4.78, 5) is 11.7. The second kappa shape index (κ2) is 6.19. The van der Waals surface area contributed by atoms with Crippen LogP contribution in [0.1, 0.15) is 28.7 Å². The van der Waals surface area contributed by atoms with Crippen LogP contribution in [0.5, 0.6) is 0 Å². The summed E-state index contributed by atoms with van der Waals surface area (Å²) in [6.07, 6.45) is 3.08. The third-order valence-corrected chi connectivity index (χ3v) is 2.62. The summed E-state index contributed by atoms with van der Waals surface area (Å²) in [7, 11) is 1.76. The van der Waals surface area contributed by atoms with Crippen LogP contribution in [0.15, 0.2) is 29.0 Å². The maximum atomic E-state index is 11.7. The first-order valence-corrected chi connectivity index (χ1v) is 6.00. The predicted molar refractivity (Wildman–Crippen MR) is 66.4 cm³/mol. The lowest BCUT2D eigenvalue weighted by molar-refractivity contribution is 0.0512. The Morgan fingerprint density at radius 3 is 3.00 bits per heavy atom. The maximum Gasteiger partial charge on any atom is 0.341 e. The number of hydrogen-bond acceptors (Lipinski definition) is 5. The van der Waals surface area contributed by atoms with E-state index in [1.165, 1.54) is 6.20 Å². The number of aryl methyl sites for hydroxylation is 1. The molecule has 0 amide bonds. The molecule has 19 heavy (non-hydrogen) atoms. The van der Waals surface area contributed by atoms with Crippen molar-refractivity contribution in [3.8, 4) is 0 Å². The van der Waals surface area contributed by atoms with Crippen molar-refractivity contribution in [3.05, 3.63) is 41.6 Å². The molecule has 0 aliphatic carbocycles. The topological polar surface area (TPSA) is 66.5 Å². The van der Waals surface area contributed by atoms with Gasteiger partial charge < -0.3 is 13.9 Å². The molecule has 0 spiro atoms. The minimum Gasteiger partial charge on any atom is -0.467 e. The largest absolute Gasteiger partial charge is 0.467 e. The van der Waals surface area contributed by atoms with E-state index in [9.17, 15) is 4.79 Å². The van der Waals surface area contributed by atoms with Crippen molar-refractivity contribution in [1.29, 1.82) is 0 Å². The number of aromatic nitrogens is 2. The molecular weight excluding hydrogens is 248 g/mol. The van der Waals surface area contributed by atoms with Crippen molar-refractivity contribution in [3.63, 3.8) is 0 Å². The zero-order chi connectivity index (χ0) is 13.7. The van der Waals surface area contributed by atoms with E-state index in [4.69, 9.17) is 13.9 Å². The van der Waals surface area contributed by atoms with Crippen molar-refractivity contribution < 1.29 is 18.7 Å². The van der Waals surface area contributed by atoms with Gasteiger partial charge in [-0.15, -0.1) is 0 Å². The average Bonchev–Trinajstić information content (AvgIpc) is 3.01. The Hall–Kier alpha value is -2.08. The second-order valence-corrected chi connectivity index (χ2v) is 3.92. The number of ether oxygens (including phenoxy) is 2. The Morgan fingerprint density at radius 1 is 1.47 bits per heavy atom. The Labute approximate surface area is 110 Å². The molecule has 0 bridgehead atoms. The summed E-state index contributed by atoms with van der Waals surface area (Å²) in [6, 6.07) is 3.63. The van der Waals surface area contributed by atoms with Crippen LogP contribution >= 0.6 is 0 Å². The molecule has 0 saturated carbocycles. The average molecular weight is 264 g/mol. The quantitative estimate of drug-likeness (QED) is 0.745. The fourth-order valence-corrected chi connectivity index (χ4v) is 1.66. The first-order chi connectivity index (χ1) is 9.22. The number of carbonyl (C=O) groups is 1. The minimum absolute atomic E-state index is 0.269. The van der Waals surface area contributed by atoms with Gasteiger partial charge in [-0.1, -0.05) is 0 Å². The van der Waals surface area contributed by atoms with E-state index in [0.29, 0.717) is 24.5 Å². The molecule has 0 unspecified atom stereocenters. The molecule has 0 radical (unpaired) electrons. The van der Waals surface area contributed by atoms with E-state index in [0.717, 1.165) is 5.76 Å². The zero-order valence-corrected chi connectivity index (χ0v) is 11.0. The van der Waals surface area contributed by atoms with Crippen LogP contribution in [0.4, 0.5) is 0 Å². The van der Waals surface area contributed by atoms with Crippen molar-refractivity contribution in [2.75, 3.05) is 6.61 Å². The van der Waals surface area contributed by atoms with Gasteiger partial charge in [0.1, 0.15) is 17.9 Å². The zero-order valence-electron chi connectivity index (χ0n) is 11.0. The molecular formula is C13H16N2O4. The normalized spacial score (nSPS) is 10.6. The van der Waals surface area contributed by atoms with Crippen LogP contribution < -0.4 is 0 Å². The van der Waals surface area contributed by atoms with Crippen molar-refractivity contribution >= 4 is 5.97 Å². The molecule has 0 atom stereocenters. The summed E-state index contributed by atoms with van der Waals surface area (Å²) >= 11 is 0. The summed E-state index contributed by atoms with van der Waals surface area (Å²) in [5.74, 6) is 0.354. The molecule has 0 saturated heterocycles. The monoisotopic (exact) mass is 264 g/mol. The molecule has 2 rings (SSSR count). The lowest BCUT2D eigenvalue weighted by Crippen LogP contribution is -2.10. The maximum absolute atomic E-state index is 11.7. The van der Waals surface area contributed by atoms with Crippen LogP contribution in [0.25, 0.3) is 0 Å².